The maximum absolute atomic E-state index is 12.3. The summed E-state index contributed by atoms with van der Waals surface area (Å²) in [6, 6.07) is 4.47. The van der Waals surface area contributed by atoms with Gasteiger partial charge in [-0.3, -0.25) is 9.69 Å². The quantitative estimate of drug-likeness (QED) is 0.749. The number of rotatable bonds is 5. The molecule has 0 amide bonds. The molecule has 0 aliphatic heterocycles. The molecule has 1 saturated carbocycles. The van der Waals surface area contributed by atoms with Crippen LogP contribution in [0.3, 0.4) is 0 Å². The van der Waals surface area contributed by atoms with Crippen LogP contribution in [0.1, 0.15) is 49.5 Å². The number of carbonyl (C=O) groups is 1. The van der Waals surface area contributed by atoms with Crippen LogP contribution in [-0.2, 0) is 7.05 Å². The lowest BCUT2D eigenvalue weighted by Crippen LogP contribution is -2.40. The van der Waals surface area contributed by atoms with E-state index in [1.165, 1.54) is 32.1 Å². The first kappa shape index (κ1) is 13.3. The van der Waals surface area contributed by atoms with Crippen molar-refractivity contribution in [2.45, 2.75) is 45.1 Å². The molecule has 18 heavy (non-hydrogen) atoms. The third-order valence-electron chi connectivity index (χ3n) is 4.07. The Labute approximate surface area is 110 Å². The van der Waals surface area contributed by atoms with Crippen molar-refractivity contribution in [2.75, 3.05) is 13.1 Å². The number of Topliss-reactive ketones (excluding diaryl/α,β-unsaturated/α-hetero) is 1. The van der Waals surface area contributed by atoms with Gasteiger partial charge in [-0.05, 0) is 31.5 Å². The molecule has 0 unspecified atom stereocenters. The van der Waals surface area contributed by atoms with Gasteiger partial charge in [0, 0.05) is 19.3 Å². The van der Waals surface area contributed by atoms with Crippen LogP contribution in [0.2, 0.25) is 0 Å². The molecule has 2 rings (SSSR count). The minimum absolute atomic E-state index is 0.245. The van der Waals surface area contributed by atoms with Gasteiger partial charge in [-0.25, -0.2) is 0 Å². The number of hydrogen-bond acceptors (Lipinski definition) is 2. The van der Waals surface area contributed by atoms with Crippen LogP contribution in [0.5, 0.6) is 0 Å². The monoisotopic (exact) mass is 248 g/mol. The Morgan fingerprint density at radius 2 is 2.11 bits per heavy atom. The smallest absolute Gasteiger partial charge is 0.193 e. The van der Waals surface area contributed by atoms with E-state index in [1.807, 2.05) is 29.9 Å². The zero-order valence-corrected chi connectivity index (χ0v) is 11.6. The van der Waals surface area contributed by atoms with E-state index in [9.17, 15) is 4.79 Å². The summed E-state index contributed by atoms with van der Waals surface area (Å²) in [6.45, 7) is 3.70. The maximum atomic E-state index is 12.3. The molecule has 1 heterocycles. The van der Waals surface area contributed by atoms with Crippen molar-refractivity contribution in [3.8, 4) is 0 Å². The fraction of sp³-hybridized carbons (Fsp3) is 0.667. The van der Waals surface area contributed by atoms with E-state index < -0.39 is 0 Å². The molecule has 100 valence electrons. The van der Waals surface area contributed by atoms with Crippen LogP contribution < -0.4 is 0 Å². The normalized spacial score (nSPS) is 17.3. The first-order valence-corrected chi connectivity index (χ1v) is 7.11. The highest BCUT2D eigenvalue weighted by molar-refractivity contribution is 5.96. The second kappa shape index (κ2) is 6.19. The molecule has 3 heteroatoms. The van der Waals surface area contributed by atoms with Crippen LogP contribution in [0.25, 0.3) is 0 Å². The average molecular weight is 248 g/mol. The van der Waals surface area contributed by atoms with Gasteiger partial charge in [-0.1, -0.05) is 26.2 Å². The SMILES string of the molecule is CCN(CC(=O)c1cccn1C)C1CCCCC1. The molecule has 1 aliphatic carbocycles. The van der Waals surface area contributed by atoms with E-state index >= 15 is 0 Å². The standard InChI is InChI=1S/C15H24N2O/c1-3-17(13-8-5-4-6-9-13)12-15(18)14-10-7-11-16(14)2/h7,10-11,13H,3-6,8-9,12H2,1-2H3. The van der Waals surface area contributed by atoms with Crippen molar-refractivity contribution in [3.05, 3.63) is 24.0 Å². The zero-order valence-electron chi connectivity index (χ0n) is 11.6. The van der Waals surface area contributed by atoms with Crippen LogP contribution in [0.15, 0.2) is 18.3 Å². The Morgan fingerprint density at radius 1 is 1.39 bits per heavy atom. The number of carbonyl (C=O) groups excluding carboxylic acids is 1. The molecule has 0 aromatic carbocycles. The molecule has 0 radical (unpaired) electrons. The Bertz CT molecular complexity index is 391. The molecule has 1 aromatic heterocycles. The van der Waals surface area contributed by atoms with E-state index in [1.54, 1.807) is 0 Å². The lowest BCUT2D eigenvalue weighted by atomic mass is 9.94. The Balaban J connectivity index is 1.97. The molecule has 0 bridgehead atoms. The third-order valence-corrected chi connectivity index (χ3v) is 4.07. The van der Waals surface area contributed by atoms with E-state index in [2.05, 4.69) is 11.8 Å². The molecule has 0 N–H and O–H groups in total. The van der Waals surface area contributed by atoms with Crippen molar-refractivity contribution in [2.24, 2.45) is 7.05 Å². The summed E-state index contributed by atoms with van der Waals surface area (Å²) in [5.41, 5.74) is 0.823. The van der Waals surface area contributed by atoms with Crippen molar-refractivity contribution in [1.82, 2.24) is 9.47 Å². The molecule has 3 nitrogen and oxygen atoms in total. The Hall–Kier alpha value is -1.09. The third kappa shape index (κ3) is 3.02. The molecule has 1 aromatic rings. The summed E-state index contributed by atoms with van der Waals surface area (Å²) in [5.74, 6) is 0.245. The van der Waals surface area contributed by atoms with Gasteiger partial charge in [0.2, 0.25) is 0 Å². The maximum Gasteiger partial charge on any atom is 0.193 e. The first-order valence-electron chi connectivity index (χ1n) is 7.11. The Morgan fingerprint density at radius 3 is 2.67 bits per heavy atom. The van der Waals surface area contributed by atoms with Crippen LogP contribution in [-0.4, -0.2) is 34.4 Å². The highest BCUT2D eigenvalue weighted by Gasteiger charge is 2.22. The van der Waals surface area contributed by atoms with E-state index in [-0.39, 0.29) is 5.78 Å². The van der Waals surface area contributed by atoms with Gasteiger partial charge in [0.25, 0.3) is 0 Å². The minimum Gasteiger partial charge on any atom is -0.348 e. The van der Waals surface area contributed by atoms with Crippen LogP contribution in [0.4, 0.5) is 0 Å². The van der Waals surface area contributed by atoms with Crippen LogP contribution in [0, 0.1) is 0 Å². The summed E-state index contributed by atoms with van der Waals surface area (Å²) in [7, 11) is 1.93. The van der Waals surface area contributed by atoms with Gasteiger partial charge >= 0.3 is 0 Å². The topological polar surface area (TPSA) is 25.2 Å². The number of nitrogens with zero attached hydrogens (tertiary/aromatic N) is 2. The van der Waals surface area contributed by atoms with Gasteiger partial charge in [-0.2, -0.15) is 0 Å². The fourth-order valence-corrected chi connectivity index (χ4v) is 2.96. The second-order valence-electron chi connectivity index (χ2n) is 5.28. The molecular weight excluding hydrogens is 224 g/mol. The molecule has 0 saturated heterocycles. The summed E-state index contributed by atoms with van der Waals surface area (Å²) in [4.78, 5) is 14.6. The lowest BCUT2D eigenvalue weighted by molar-refractivity contribution is 0.0860. The van der Waals surface area contributed by atoms with Crippen molar-refractivity contribution in [3.63, 3.8) is 0 Å². The van der Waals surface area contributed by atoms with Crippen molar-refractivity contribution >= 4 is 5.78 Å². The summed E-state index contributed by atoms with van der Waals surface area (Å²) in [5, 5.41) is 0. The van der Waals surface area contributed by atoms with Gasteiger partial charge in [0.15, 0.2) is 5.78 Å². The average Bonchev–Trinajstić information content (AvgIpc) is 2.83. The summed E-state index contributed by atoms with van der Waals surface area (Å²) < 4.78 is 1.91. The number of aromatic nitrogens is 1. The summed E-state index contributed by atoms with van der Waals surface area (Å²) >= 11 is 0. The van der Waals surface area contributed by atoms with E-state index in [4.69, 9.17) is 0 Å². The fourth-order valence-electron chi connectivity index (χ4n) is 2.96. The lowest BCUT2D eigenvalue weighted by Gasteiger charge is -2.32. The predicted molar refractivity (Wildman–Crippen MR) is 73.9 cm³/mol. The first-order chi connectivity index (χ1) is 8.72. The van der Waals surface area contributed by atoms with E-state index in [0.29, 0.717) is 12.6 Å². The number of ketones is 1. The number of aryl methyl sites for hydroxylation is 1. The Kier molecular flexibility index (Phi) is 4.59. The highest BCUT2D eigenvalue weighted by Crippen LogP contribution is 2.22. The number of hydrogen-bond donors (Lipinski definition) is 0. The zero-order chi connectivity index (χ0) is 13.0. The molecule has 1 aliphatic rings. The van der Waals surface area contributed by atoms with Crippen LogP contribution >= 0.6 is 0 Å². The molecular formula is C15H24N2O. The molecule has 1 fully saturated rings. The van der Waals surface area contributed by atoms with Gasteiger partial charge < -0.3 is 4.57 Å². The van der Waals surface area contributed by atoms with Gasteiger partial charge in [0.05, 0.1) is 12.2 Å². The highest BCUT2D eigenvalue weighted by atomic mass is 16.1. The van der Waals surface area contributed by atoms with E-state index in [0.717, 1.165) is 12.2 Å². The molecule has 0 atom stereocenters. The second-order valence-corrected chi connectivity index (χ2v) is 5.28. The largest absolute Gasteiger partial charge is 0.348 e. The molecule has 0 spiro atoms. The minimum atomic E-state index is 0.245. The number of likely N-dealkylation sites (N-methyl/N-ethyl adjacent to an activating group) is 1. The predicted octanol–water partition coefficient (Wildman–Crippen LogP) is 2.86. The summed E-state index contributed by atoms with van der Waals surface area (Å²) in [6.07, 6.45) is 8.45. The van der Waals surface area contributed by atoms with Gasteiger partial charge in [0.1, 0.15) is 0 Å². The van der Waals surface area contributed by atoms with Crippen molar-refractivity contribution < 1.29 is 4.79 Å². The van der Waals surface area contributed by atoms with Crippen molar-refractivity contribution in [1.29, 1.82) is 0 Å². The van der Waals surface area contributed by atoms with Gasteiger partial charge in [-0.15, -0.1) is 0 Å².